The van der Waals surface area contributed by atoms with Gasteiger partial charge in [0.2, 0.25) is 0 Å². The van der Waals surface area contributed by atoms with Gasteiger partial charge in [-0.1, -0.05) is 30.3 Å². The Morgan fingerprint density at radius 3 is 2.63 bits per heavy atom. The molecule has 1 amide bonds. The molecule has 4 aromatic rings. The number of nitrogens with two attached hydrogens (primary N) is 1. The average Bonchev–Trinajstić information content (AvgIpc) is 3.08. The van der Waals surface area contributed by atoms with Gasteiger partial charge in [0.25, 0.3) is 12.3 Å². The number of carbonyl (C=O) groups is 1. The van der Waals surface area contributed by atoms with Crippen LogP contribution in [0.4, 0.5) is 8.78 Å². The molecule has 2 aromatic heterocycles. The molecule has 0 spiro atoms. The van der Waals surface area contributed by atoms with Crippen molar-refractivity contribution >= 4 is 17.1 Å². The van der Waals surface area contributed by atoms with Crippen molar-refractivity contribution in [3.63, 3.8) is 0 Å². The highest BCUT2D eigenvalue weighted by Crippen LogP contribution is 2.28. The Balaban J connectivity index is 2.05. The van der Waals surface area contributed by atoms with E-state index >= 15 is 0 Å². The second-order valence-corrected chi connectivity index (χ2v) is 6.32. The highest BCUT2D eigenvalue weighted by molar-refractivity contribution is 6.02. The summed E-state index contributed by atoms with van der Waals surface area (Å²) in [7, 11) is 1.45. The molecule has 3 N–H and O–H groups in total. The van der Waals surface area contributed by atoms with E-state index in [1.54, 1.807) is 24.3 Å². The lowest BCUT2D eigenvalue weighted by Crippen LogP contribution is -2.16. The number of halogens is 2. The summed E-state index contributed by atoms with van der Waals surface area (Å²) in [5.41, 5.74) is 5.11. The third-order valence-corrected chi connectivity index (χ3v) is 4.49. The molecular weight excluding hydrogens is 396 g/mol. The molecular formula is C20H15F2N5O3. The first-order valence-electron chi connectivity index (χ1n) is 8.75. The van der Waals surface area contributed by atoms with Crippen LogP contribution in [0.15, 0.2) is 53.3 Å². The number of ether oxygens (including phenoxy) is 1. The summed E-state index contributed by atoms with van der Waals surface area (Å²) in [6.07, 6.45) is -2.69. The van der Waals surface area contributed by atoms with Gasteiger partial charge in [0.05, 0.1) is 12.8 Å². The smallest absolute Gasteiger partial charge is 0.332 e. The van der Waals surface area contributed by atoms with Crippen LogP contribution in [0, 0.1) is 0 Å². The van der Waals surface area contributed by atoms with Gasteiger partial charge in [0.1, 0.15) is 11.3 Å². The van der Waals surface area contributed by atoms with Gasteiger partial charge < -0.3 is 15.5 Å². The van der Waals surface area contributed by atoms with Crippen molar-refractivity contribution in [2.45, 2.75) is 6.43 Å². The van der Waals surface area contributed by atoms with Gasteiger partial charge >= 0.3 is 5.69 Å². The van der Waals surface area contributed by atoms with Crippen LogP contribution in [0.5, 0.6) is 5.75 Å². The van der Waals surface area contributed by atoms with Gasteiger partial charge in [-0.05, 0) is 18.2 Å². The number of hydrogen-bond donors (Lipinski definition) is 2. The summed E-state index contributed by atoms with van der Waals surface area (Å²) in [5.74, 6) is -0.537. The fourth-order valence-electron chi connectivity index (χ4n) is 3.14. The summed E-state index contributed by atoms with van der Waals surface area (Å²) in [6.45, 7) is 0. The Bertz CT molecular complexity index is 1330. The first-order valence-corrected chi connectivity index (χ1v) is 8.75. The number of aromatic amines is 1. The maximum atomic E-state index is 13.1. The van der Waals surface area contributed by atoms with Gasteiger partial charge in [0, 0.05) is 11.1 Å². The van der Waals surface area contributed by atoms with E-state index < -0.39 is 18.0 Å². The largest absolute Gasteiger partial charge is 0.495 e. The van der Waals surface area contributed by atoms with E-state index in [-0.39, 0.29) is 33.8 Å². The minimum atomic E-state index is -2.69. The first kappa shape index (κ1) is 19.2. The van der Waals surface area contributed by atoms with Crippen LogP contribution in [0.25, 0.3) is 28.2 Å². The molecule has 0 aliphatic rings. The lowest BCUT2D eigenvalue weighted by Gasteiger charge is -2.10. The maximum Gasteiger partial charge on any atom is 0.332 e. The minimum absolute atomic E-state index is 0.0264. The number of primary amides is 1. The second kappa shape index (κ2) is 7.39. The number of carbonyl (C=O) groups excluding carboxylic acids is 1. The number of rotatable bonds is 5. The van der Waals surface area contributed by atoms with Crippen molar-refractivity contribution < 1.29 is 18.3 Å². The molecule has 0 aliphatic carbocycles. The molecule has 2 heterocycles. The van der Waals surface area contributed by atoms with E-state index in [9.17, 15) is 18.4 Å². The Kier molecular flexibility index (Phi) is 4.74. The van der Waals surface area contributed by atoms with Crippen LogP contribution < -0.4 is 16.2 Å². The number of aromatic nitrogens is 4. The number of hydrogen-bond acceptors (Lipinski definition) is 5. The minimum Gasteiger partial charge on any atom is -0.495 e. The third kappa shape index (κ3) is 3.17. The lowest BCUT2D eigenvalue weighted by atomic mass is 10.1. The van der Waals surface area contributed by atoms with Crippen molar-refractivity contribution in [3.8, 4) is 22.8 Å². The predicted molar refractivity (Wildman–Crippen MR) is 105 cm³/mol. The van der Waals surface area contributed by atoms with Crippen LogP contribution in [0.1, 0.15) is 22.5 Å². The number of fused-ring (bicyclic) bond motifs is 1. The van der Waals surface area contributed by atoms with Gasteiger partial charge in [-0.3, -0.25) is 4.79 Å². The van der Waals surface area contributed by atoms with E-state index in [2.05, 4.69) is 15.0 Å². The summed E-state index contributed by atoms with van der Waals surface area (Å²) in [6, 6.07) is 12.2. The van der Waals surface area contributed by atoms with Gasteiger partial charge in [-0.25, -0.2) is 28.1 Å². The van der Waals surface area contributed by atoms with Gasteiger partial charge in [-0.15, -0.1) is 0 Å². The molecule has 152 valence electrons. The zero-order valence-corrected chi connectivity index (χ0v) is 15.6. The van der Waals surface area contributed by atoms with E-state index in [1.165, 1.54) is 35.9 Å². The number of amides is 1. The second-order valence-electron chi connectivity index (χ2n) is 6.32. The highest BCUT2D eigenvalue weighted by atomic mass is 19.3. The topological polar surface area (TPSA) is 116 Å². The Morgan fingerprint density at radius 2 is 1.93 bits per heavy atom. The summed E-state index contributed by atoms with van der Waals surface area (Å²) < 4.78 is 32.8. The van der Waals surface area contributed by atoms with Gasteiger partial charge in [-0.2, -0.15) is 0 Å². The van der Waals surface area contributed by atoms with Crippen molar-refractivity contribution in [2.75, 3.05) is 7.11 Å². The zero-order chi connectivity index (χ0) is 21.4. The Morgan fingerprint density at radius 1 is 1.17 bits per heavy atom. The quantitative estimate of drug-likeness (QED) is 0.524. The van der Waals surface area contributed by atoms with Crippen LogP contribution in [-0.2, 0) is 0 Å². The van der Waals surface area contributed by atoms with Crippen molar-refractivity contribution in [1.29, 1.82) is 0 Å². The third-order valence-electron chi connectivity index (χ3n) is 4.49. The van der Waals surface area contributed by atoms with Crippen molar-refractivity contribution in [3.05, 3.63) is 70.3 Å². The number of imidazole rings is 1. The number of methoxy groups -OCH3 is 1. The predicted octanol–water partition coefficient (Wildman–Crippen LogP) is 2.82. The molecule has 0 unspecified atom stereocenters. The fraction of sp³-hybridized carbons (Fsp3) is 0.100. The molecule has 0 saturated carbocycles. The van der Waals surface area contributed by atoms with E-state index in [1.807, 2.05) is 0 Å². The summed E-state index contributed by atoms with van der Waals surface area (Å²) in [4.78, 5) is 35.7. The van der Waals surface area contributed by atoms with Crippen LogP contribution >= 0.6 is 0 Å². The fourth-order valence-corrected chi connectivity index (χ4v) is 3.14. The molecule has 8 nitrogen and oxygen atoms in total. The number of H-pyrrole nitrogens is 1. The lowest BCUT2D eigenvalue weighted by molar-refractivity contribution is 0.0997. The van der Waals surface area contributed by atoms with E-state index in [0.717, 1.165) is 0 Å². The van der Waals surface area contributed by atoms with Crippen LogP contribution in [0.3, 0.4) is 0 Å². The maximum absolute atomic E-state index is 13.1. The van der Waals surface area contributed by atoms with Crippen LogP contribution in [-0.4, -0.2) is 32.5 Å². The summed E-state index contributed by atoms with van der Waals surface area (Å²) in [5, 5.41) is 0. The van der Waals surface area contributed by atoms with E-state index in [4.69, 9.17) is 10.5 Å². The summed E-state index contributed by atoms with van der Waals surface area (Å²) >= 11 is 0. The van der Waals surface area contributed by atoms with Crippen LogP contribution in [0.2, 0.25) is 0 Å². The number of alkyl halides is 2. The van der Waals surface area contributed by atoms with Crippen molar-refractivity contribution in [1.82, 2.24) is 19.5 Å². The molecule has 2 aromatic carbocycles. The van der Waals surface area contributed by atoms with Gasteiger partial charge in [0.15, 0.2) is 17.2 Å². The van der Waals surface area contributed by atoms with E-state index in [0.29, 0.717) is 11.4 Å². The molecule has 0 aliphatic heterocycles. The Labute approximate surface area is 168 Å². The molecule has 0 bridgehead atoms. The molecule has 30 heavy (non-hydrogen) atoms. The number of nitrogens with one attached hydrogen (secondary N) is 1. The molecule has 0 saturated heterocycles. The normalized spacial score (nSPS) is 11.2. The molecule has 0 fully saturated rings. The standard InChI is InChI=1S/C20H15F2N5O3/c1-30-13-8-3-2-7-12(13)27-19-15(25-20(27)29)14(17(23)28)24-18(26-19)11-6-4-5-10(9-11)16(21)22/h2-9,16H,1H3,(H2,23,28)(H,25,29). The molecule has 4 rings (SSSR count). The average molecular weight is 411 g/mol. The highest BCUT2D eigenvalue weighted by Gasteiger charge is 2.22. The SMILES string of the molecule is COc1ccccc1-n1c(=O)[nH]c2c(C(N)=O)nc(-c3cccc(C(F)F)c3)nc21. The number of para-hydroxylation sites is 2. The Hall–Kier alpha value is -4.08. The first-order chi connectivity index (χ1) is 14.4. The monoisotopic (exact) mass is 411 g/mol. The zero-order valence-electron chi connectivity index (χ0n) is 15.6. The molecule has 10 heteroatoms. The van der Waals surface area contributed by atoms with Crippen molar-refractivity contribution in [2.24, 2.45) is 5.73 Å². The molecule has 0 radical (unpaired) electrons. The number of nitrogens with zero attached hydrogens (tertiary/aromatic N) is 3. The molecule has 0 atom stereocenters. The number of benzene rings is 2.